The summed E-state index contributed by atoms with van der Waals surface area (Å²) in [6, 6.07) is 5.35. The second kappa shape index (κ2) is 5.06. The molecule has 0 aromatic carbocycles. The van der Waals surface area contributed by atoms with Gasteiger partial charge in [-0.1, -0.05) is 0 Å². The lowest BCUT2D eigenvalue weighted by atomic mass is 10.2. The highest BCUT2D eigenvalue weighted by molar-refractivity contribution is 6.07. The quantitative estimate of drug-likeness (QED) is 0.863. The Morgan fingerprint density at radius 2 is 1.95 bits per heavy atom. The predicted molar refractivity (Wildman–Crippen MR) is 75.1 cm³/mol. The van der Waals surface area contributed by atoms with Crippen molar-refractivity contribution in [1.29, 1.82) is 0 Å². The van der Waals surface area contributed by atoms with Crippen molar-refractivity contribution in [2.45, 2.75) is 20.8 Å². The van der Waals surface area contributed by atoms with Crippen molar-refractivity contribution in [3.8, 4) is 0 Å². The molecule has 0 spiro atoms. The topological polar surface area (TPSA) is 80.9 Å². The first kappa shape index (κ1) is 13.0. The molecular weight excluding hydrogens is 240 g/mol. The molecule has 1 amide bonds. The van der Waals surface area contributed by atoms with E-state index < -0.39 is 0 Å². The summed E-state index contributed by atoms with van der Waals surface area (Å²) < 4.78 is 0. The molecule has 0 fully saturated rings. The Balaban J connectivity index is 2.25. The zero-order chi connectivity index (χ0) is 14.0. The van der Waals surface area contributed by atoms with Crippen LogP contribution in [-0.4, -0.2) is 15.9 Å². The lowest BCUT2D eigenvalue weighted by Gasteiger charge is -2.10. The number of amides is 1. The summed E-state index contributed by atoms with van der Waals surface area (Å²) >= 11 is 0. The smallest absolute Gasteiger partial charge is 0.259 e. The van der Waals surface area contributed by atoms with E-state index in [4.69, 9.17) is 5.73 Å². The van der Waals surface area contributed by atoms with E-state index in [1.165, 1.54) is 6.20 Å². The summed E-state index contributed by atoms with van der Waals surface area (Å²) in [5.74, 6) is -0.279. The number of rotatable bonds is 2. The molecule has 19 heavy (non-hydrogen) atoms. The zero-order valence-corrected chi connectivity index (χ0v) is 11.2. The number of nitrogens with zero attached hydrogens (tertiary/aromatic N) is 2. The fourth-order valence-corrected chi connectivity index (χ4v) is 1.78. The predicted octanol–water partition coefficient (Wildman–Crippen LogP) is 2.24. The molecule has 0 atom stereocenters. The summed E-state index contributed by atoms with van der Waals surface area (Å²) in [6.07, 6.45) is 1.48. The van der Waals surface area contributed by atoms with Crippen LogP contribution in [0.4, 0.5) is 11.4 Å². The molecule has 98 valence electrons. The number of pyridine rings is 2. The average Bonchev–Trinajstić information content (AvgIpc) is 2.32. The SMILES string of the molecule is Cc1cc(N)c(C(=O)Nc2ccc(C)nc2C)cn1. The van der Waals surface area contributed by atoms with Crippen LogP contribution in [0.25, 0.3) is 0 Å². The molecule has 0 saturated heterocycles. The minimum atomic E-state index is -0.279. The van der Waals surface area contributed by atoms with Crippen molar-refractivity contribution in [2.24, 2.45) is 0 Å². The van der Waals surface area contributed by atoms with E-state index in [1.807, 2.05) is 32.9 Å². The van der Waals surface area contributed by atoms with Crippen molar-refractivity contribution < 1.29 is 4.79 Å². The first-order chi connectivity index (χ1) is 8.97. The molecule has 5 nitrogen and oxygen atoms in total. The van der Waals surface area contributed by atoms with Gasteiger partial charge >= 0.3 is 0 Å². The molecule has 2 aromatic heterocycles. The Morgan fingerprint density at radius 1 is 1.21 bits per heavy atom. The number of hydrogen-bond donors (Lipinski definition) is 2. The van der Waals surface area contributed by atoms with Crippen LogP contribution in [0.2, 0.25) is 0 Å². The summed E-state index contributed by atoms with van der Waals surface area (Å²) in [6.45, 7) is 5.58. The van der Waals surface area contributed by atoms with Gasteiger partial charge in [0.2, 0.25) is 0 Å². The maximum absolute atomic E-state index is 12.1. The van der Waals surface area contributed by atoms with Gasteiger partial charge in [0.25, 0.3) is 5.91 Å². The van der Waals surface area contributed by atoms with Gasteiger partial charge in [0.1, 0.15) is 0 Å². The largest absolute Gasteiger partial charge is 0.398 e. The Bertz CT molecular complexity index is 637. The van der Waals surface area contributed by atoms with Gasteiger partial charge in [-0.05, 0) is 39.0 Å². The number of nitrogen functional groups attached to an aromatic ring is 1. The van der Waals surface area contributed by atoms with Gasteiger partial charge in [0.15, 0.2) is 0 Å². The highest BCUT2D eigenvalue weighted by atomic mass is 16.1. The summed E-state index contributed by atoms with van der Waals surface area (Å²) in [4.78, 5) is 20.5. The van der Waals surface area contributed by atoms with Gasteiger partial charge in [0, 0.05) is 23.3 Å². The number of carbonyl (C=O) groups excluding carboxylic acids is 1. The number of aryl methyl sites for hydroxylation is 3. The number of hydrogen-bond acceptors (Lipinski definition) is 4. The van der Waals surface area contributed by atoms with E-state index in [-0.39, 0.29) is 5.91 Å². The molecular formula is C14H16N4O. The maximum Gasteiger partial charge on any atom is 0.259 e. The third kappa shape index (κ3) is 2.88. The van der Waals surface area contributed by atoms with Crippen LogP contribution in [0.15, 0.2) is 24.4 Å². The number of carbonyl (C=O) groups is 1. The Labute approximate surface area is 111 Å². The molecule has 0 aliphatic carbocycles. The van der Waals surface area contributed by atoms with Crippen LogP contribution in [0.5, 0.6) is 0 Å². The van der Waals surface area contributed by atoms with E-state index in [0.717, 1.165) is 17.1 Å². The summed E-state index contributed by atoms with van der Waals surface area (Å²) in [7, 11) is 0. The van der Waals surface area contributed by atoms with Crippen molar-refractivity contribution in [1.82, 2.24) is 9.97 Å². The standard InChI is InChI=1S/C14H16N4O/c1-8-4-5-13(10(3)17-8)18-14(19)11-7-16-9(2)6-12(11)15/h4-7H,1-3H3,(H2,15,16)(H,18,19). The summed E-state index contributed by atoms with van der Waals surface area (Å²) in [5, 5.41) is 2.79. The van der Waals surface area contributed by atoms with Crippen molar-refractivity contribution >= 4 is 17.3 Å². The van der Waals surface area contributed by atoms with Gasteiger partial charge in [-0.2, -0.15) is 0 Å². The van der Waals surface area contributed by atoms with Crippen molar-refractivity contribution in [2.75, 3.05) is 11.1 Å². The van der Waals surface area contributed by atoms with Gasteiger partial charge in [-0.25, -0.2) is 0 Å². The minimum absolute atomic E-state index is 0.279. The molecule has 0 unspecified atom stereocenters. The first-order valence-corrected chi connectivity index (χ1v) is 5.95. The third-order valence-electron chi connectivity index (χ3n) is 2.79. The van der Waals surface area contributed by atoms with Gasteiger partial charge < -0.3 is 11.1 Å². The number of nitrogens with two attached hydrogens (primary N) is 1. The monoisotopic (exact) mass is 256 g/mol. The summed E-state index contributed by atoms with van der Waals surface area (Å²) in [5.41, 5.74) is 9.74. The Hall–Kier alpha value is -2.43. The van der Waals surface area contributed by atoms with Crippen LogP contribution in [0.1, 0.15) is 27.4 Å². The maximum atomic E-state index is 12.1. The van der Waals surface area contributed by atoms with Crippen LogP contribution in [0, 0.1) is 20.8 Å². The van der Waals surface area contributed by atoms with Crippen molar-refractivity contribution in [3.63, 3.8) is 0 Å². The van der Waals surface area contributed by atoms with E-state index in [2.05, 4.69) is 15.3 Å². The molecule has 0 saturated carbocycles. The molecule has 0 bridgehead atoms. The van der Waals surface area contributed by atoms with Crippen molar-refractivity contribution in [3.05, 3.63) is 47.0 Å². The van der Waals surface area contributed by atoms with E-state index in [9.17, 15) is 4.79 Å². The number of nitrogens with one attached hydrogen (secondary N) is 1. The van der Waals surface area contributed by atoms with Gasteiger partial charge in [0.05, 0.1) is 16.9 Å². The highest BCUT2D eigenvalue weighted by Gasteiger charge is 2.12. The Morgan fingerprint density at radius 3 is 2.58 bits per heavy atom. The normalized spacial score (nSPS) is 10.3. The van der Waals surface area contributed by atoms with Crippen LogP contribution in [-0.2, 0) is 0 Å². The average molecular weight is 256 g/mol. The van der Waals surface area contributed by atoms with Crippen LogP contribution < -0.4 is 11.1 Å². The first-order valence-electron chi connectivity index (χ1n) is 5.95. The molecule has 2 heterocycles. The highest BCUT2D eigenvalue weighted by Crippen LogP contribution is 2.17. The van der Waals surface area contributed by atoms with Crippen LogP contribution in [0.3, 0.4) is 0 Å². The molecule has 0 aliphatic rings. The van der Waals surface area contributed by atoms with Crippen LogP contribution >= 0.6 is 0 Å². The van der Waals surface area contributed by atoms with Gasteiger partial charge in [-0.15, -0.1) is 0 Å². The molecule has 2 aromatic rings. The molecule has 2 rings (SSSR count). The van der Waals surface area contributed by atoms with E-state index in [0.29, 0.717) is 16.9 Å². The minimum Gasteiger partial charge on any atom is -0.398 e. The fraction of sp³-hybridized carbons (Fsp3) is 0.214. The lowest BCUT2D eigenvalue weighted by molar-refractivity contribution is 0.102. The van der Waals surface area contributed by atoms with E-state index in [1.54, 1.807) is 6.07 Å². The molecule has 0 radical (unpaired) electrons. The molecule has 5 heteroatoms. The second-order valence-electron chi connectivity index (χ2n) is 4.45. The Kier molecular flexibility index (Phi) is 3.46. The molecule has 3 N–H and O–H groups in total. The number of anilines is 2. The third-order valence-corrected chi connectivity index (χ3v) is 2.79. The van der Waals surface area contributed by atoms with E-state index >= 15 is 0 Å². The molecule has 0 aliphatic heterocycles. The lowest BCUT2D eigenvalue weighted by Crippen LogP contribution is -2.15. The zero-order valence-electron chi connectivity index (χ0n) is 11.2. The van der Waals surface area contributed by atoms with Gasteiger partial charge in [-0.3, -0.25) is 14.8 Å². The number of aromatic nitrogens is 2. The second-order valence-corrected chi connectivity index (χ2v) is 4.45. The fourth-order valence-electron chi connectivity index (χ4n) is 1.78.